The van der Waals surface area contributed by atoms with Gasteiger partial charge < -0.3 is 9.84 Å². The van der Waals surface area contributed by atoms with E-state index in [1.165, 1.54) is 29.1 Å². The molecule has 1 aromatic carbocycles. The monoisotopic (exact) mass is 252 g/mol. The zero-order chi connectivity index (χ0) is 13.0. The summed E-state index contributed by atoms with van der Waals surface area (Å²) in [5.41, 5.74) is 0.168. The molecule has 2 rings (SSSR count). The zero-order valence-corrected chi connectivity index (χ0v) is 9.67. The summed E-state index contributed by atoms with van der Waals surface area (Å²) in [6, 6.07) is 3.91. The zero-order valence-electron chi connectivity index (χ0n) is 9.67. The maximum atomic E-state index is 13.1. The van der Waals surface area contributed by atoms with Gasteiger partial charge in [0.1, 0.15) is 5.82 Å². The standard InChI is InChI=1S/C12H13FN2O3/c13-9-1-2-11-10(7-9)12(17)15(8-14-11)3-5-18-6-4-16/h1-2,7-8,16H,3-6H2. The highest BCUT2D eigenvalue weighted by Crippen LogP contribution is 2.08. The van der Waals surface area contributed by atoms with Gasteiger partial charge in [0, 0.05) is 0 Å². The van der Waals surface area contributed by atoms with E-state index in [4.69, 9.17) is 9.84 Å². The van der Waals surface area contributed by atoms with Gasteiger partial charge in [-0.3, -0.25) is 9.36 Å². The molecule has 0 saturated heterocycles. The topological polar surface area (TPSA) is 64.4 Å². The van der Waals surface area contributed by atoms with E-state index in [2.05, 4.69) is 4.98 Å². The first-order valence-electron chi connectivity index (χ1n) is 5.55. The van der Waals surface area contributed by atoms with Crippen molar-refractivity contribution in [2.75, 3.05) is 19.8 Å². The molecule has 1 N–H and O–H groups in total. The number of aliphatic hydroxyl groups excluding tert-OH is 1. The van der Waals surface area contributed by atoms with E-state index < -0.39 is 5.82 Å². The molecule has 2 aromatic rings. The van der Waals surface area contributed by atoms with Crippen LogP contribution in [0.25, 0.3) is 10.9 Å². The predicted octanol–water partition coefficient (Wildman–Crippen LogP) is 0.544. The molecule has 0 unspecified atom stereocenters. The quantitative estimate of drug-likeness (QED) is 0.789. The van der Waals surface area contributed by atoms with Crippen LogP contribution in [-0.2, 0) is 11.3 Å². The molecule has 5 nitrogen and oxygen atoms in total. The summed E-state index contributed by atoms with van der Waals surface area (Å²) in [5.74, 6) is -0.462. The van der Waals surface area contributed by atoms with Crippen molar-refractivity contribution in [3.8, 4) is 0 Å². The molecule has 0 atom stereocenters. The second kappa shape index (κ2) is 5.70. The van der Waals surface area contributed by atoms with Gasteiger partial charge in [0.15, 0.2) is 0 Å². The summed E-state index contributed by atoms with van der Waals surface area (Å²) in [4.78, 5) is 16.1. The molecule has 0 bridgehead atoms. The molecule has 96 valence electrons. The lowest BCUT2D eigenvalue weighted by Crippen LogP contribution is -2.23. The van der Waals surface area contributed by atoms with Crippen molar-refractivity contribution in [3.05, 3.63) is 40.7 Å². The second-order valence-electron chi connectivity index (χ2n) is 3.74. The third-order valence-electron chi connectivity index (χ3n) is 2.50. The summed E-state index contributed by atoms with van der Waals surface area (Å²) < 4.78 is 19.5. The van der Waals surface area contributed by atoms with Gasteiger partial charge in [-0.05, 0) is 18.2 Å². The predicted molar refractivity (Wildman–Crippen MR) is 63.9 cm³/mol. The van der Waals surface area contributed by atoms with Gasteiger partial charge in [0.2, 0.25) is 0 Å². The van der Waals surface area contributed by atoms with E-state index in [-0.39, 0.29) is 24.2 Å². The first-order valence-corrected chi connectivity index (χ1v) is 5.55. The maximum Gasteiger partial charge on any atom is 0.261 e. The molecule has 0 aliphatic heterocycles. The molecule has 0 amide bonds. The largest absolute Gasteiger partial charge is 0.394 e. The Morgan fingerprint density at radius 1 is 1.39 bits per heavy atom. The van der Waals surface area contributed by atoms with Crippen molar-refractivity contribution in [2.24, 2.45) is 0 Å². The molecule has 6 heteroatoms. The lowest BCUT2D eigenvalue weighted by molar-refractivity contribution is 0.0865. The molecule has 0 spiro atoms. The van der Waals surface area contributed by atoms with Gasteiger partial charge in [0.05, 0.1) is 43.6 Å². The first-order chi connectivity index (χ1) is 8.72. The van der Waals surface area contributed by atoms with Crippen molar-refractivity contribution in [2.45, 2.75) is 6.54 Å². The van der Waals surface area contributed by atoms with E-state index in [1.54, 1.807) is 0 Å². The summed E-state index contributed by atoms with van der Waals surface area (Å²) in [7, 11) is 0. The van der Waals surface area contributed by atoms with Crippen LogP contribution in [0.1, 0.15) is 0 Å². The lowest BCUT2D eigenvalue weighted by atomic mass is 10.2. The van der Waals surface area contributed by atoms with Gasteiger partial charge in [-0.2, -0.15) is 0 Å². The summed E-state index contributed by atoms with van der Waals surface area (Å²) in [6.07, 6.45) is 1.41. The van der Waals surface area contributed by atoms with E-state index >= 15 is 0 Å². The summed E-state index contributed by atoms with van der Waals surface area (Å²) >= 11 is 0. The van der Waals surface area contributed by atoms with Gasteiger partial charge in [-0.1, -0.05) is 0 Å². The van der Waals surface area contributed by atoms with Gasteiger partial charge >= 0.3 is 0 Å². The number of halogens is 1. The van der Waals surface area contributed by atoms with E-state index in [9.17, 15) is 9.18 Å². The number of hydrogen-bond acceptors (Lipinski definition) is 4. The smallest absolute Gasteiger partial charge is 0.261 e. The van der Waals surface area contributed by atoms with Crippen LogP contribution in [0.5, 0.6) is 0 Å². The lowest BCUT2D eigenvalue weighted by Gasteiger charge is -2.06. The molecule has 18 heavy (non-hydrogen) atoms. The fourth-order valence-corrected chi connectivity index (χ4v) is 1.62. The van der Waals surface area contributed by atoms with Crippen molar-refractivity contribution in [1.82, 2.24) is 9.55 Å². The molecule has 1 heterocycles. The molecular weight excluding hydrogens is 239 g/mol. The number of ether oxygens (including phenoxy) is 1. The highest BCUT2D eigenvalue weighted by Gasteiger charge is 2.05. The van der Waals surface area contributed by atoms with Crippen molar-refractivity contribution in [3.63, 3.8) is 0 Å². The van der Waals surface area contributed by atoms with Crippen molar-refractivity contribution in [1.29, 1.82) is 0 Å². The molecule has 0 aliphatic carbocycles. The van der Waals surface area contributed by atoms with Crippen LogP contribution in [0.3, 0.4) is 0 Å². The number of aromatic nitrogens is 2. The third kappa shape index (κ3) is 2.72. The minimum Gasteiger partial charge on any atom is -0.394 e. The number of hydrogen-bond donors (Lipinski definition) is 1. The number of benzene rings is 1. The number of nitrogens with zero attached hydrogens (tertiary/aromatic N) is 2. The number of aliphatic hydroxyl groups is 1. The Morgan fingerprint density at radius 2 is 2.22 bits per heavy atom. The average Bonchev–Trinajstić information content (AvgIpc) is 2.38. The van der Waals surface area contributed by atoms with Crippen LogP contribution in [0.4, 0.5) is 4.39 Å². The first kappa shape index (κ1) is 12.7. The Balaban J connectivity index is 2.24. The Labute approximate surface area is 102 Å². The van der Waals surface area contributed by atoms with Crippen LogP contribution >= 0.6 is 0 Å². The van der Waals surface area contributed by atoms with Gasteiger partial charge in [-0.15, -0.1) is 0 Å². The molecular formula is C12H13FN2O3. The molecule has 0 fully saturated rings. The Morgan fingerprint density at radius 3 is 3.00 bits per heavy atom. The average molecular weight is 252 g/mol. The molecule has 0 radical (unpaired) electrons. The van der Waals surface area contributed by atoms with Crippen LogP contribution in [0.15, 0.2) is 29.3 Å². The normalized spacial score (nSPS) is 11.0. The minimum atomic E-state index is -0.462. The Bertz CT molecular complexity index is 597. The minimum absolute atomic E-state index is 0.0594. The van der Waals surface area contributed by atoms with E-state index in [0.717, 1.165) is 0 Å². The second-order valence-corrected chi connectivity index (χ2v) is 3.74. The number of fused-ring (bicyclic) bond motifs is 1. The van der Waals surface area contributed by atoms with Crippen molar-refractivity contribution < 1.29 is 14.2 Å². The van der Waals surface area contributed by atoms with Crippen molar-refractivity contribution >= 4 is 10.9 Å². The van der Waals surface area contributed by atoms with Crippen LogP contribution in [-0.4, -0.2) is 34.5 Å². The van der Waals surface area contributed by atoms with E-state index in [0.29, 0.717) is 18.7 Å². The highest BCUT2D eigenvalue weighted by molar-refractivity contribution is 5.77. The van der Waals surface area contributed by atoms with Crippen LogP contribution in [0, 0.1) is 5.82 Å². The SMILES string of the molecule is O=c1c2cc(F)ccc2ncn1CCOCCO. The maximum absolute atomic E-state index is 13.1. The van der Waals surface area contributed by atoms with Gasteiger partial charge in [0.25, 0.3) is 5.56 Å². The summed E-state index contributed by atoms with van der Waals surface area (Å²) in [5, 5.41) is 8.79. The fraction of sp³-hybridized carbons (Fsp3) is 0.333. The molecule has 0 saturated carbocycles. The highest BCUT2D eigenvalue weighted by atomic mass is 19.1. The molecule has 0 aliphatic rings. The number of rotatable bonds is 5. The molecule has 1 aromatic heterocycles. The van der Waals surface area contributed by atoms with Crippen LogP contribution < -0.4 is 5.56 Å². The van der Waals surface area contributed by atoms with E-state index in [1.807, 2.05) is 0 Å². The summed E-state index contributed by atoms with van der Waals surface area (Å²) in [6.45, 7) is 0.779. The van der Waals surface area contributed by atoms with Crippen LogP contribution in [0.2, 0.25) is 0 Å². The Hall–Kier alpha value is -1.79. The fourth-order valence-electron chi connectivity index (χ4n) is 1.62. The Kier molecular flexibility index (Phi) is 4.01. The third-order valence-corrected chi connectivity index (χ3v) is 2.50. The van der Waals surface area contributed by atoms with Gasteiger partial charge in [-0.25, -0.2) is 9.37 Å².